The molecule has 1 spiro atoms. The van der Waals surface area contributed by atoms with Gasteiger partial charge in [0.1, 0.15) is 0 Å². The second-order valence-corrected chi connectivity index (χ2v) is 24.7. The summed E-state index contributed by atoms with van der Waals surface area (Å²) in [4.78, 5) is 0. The highest BCUT2D eigenvalue weighted by atomic mass is 15.1. The Labute approximate surface area is 436 Å². The standard InChI is InChI=1S/C71H63BN2/c1-11-40(3)45-36-52-53-37-46(41(4)12-2)39-59-66(53)74-65(52)58(38-45)71(55-23-17-15-21-50(55)51-22-16-18-24-56(51)71)57-33-34-60-63(68(57)74)72(59)62-49-20-14-13-19-44(49)35-54-61(42-25-29-47(30-26-42)69(5,6)7)64(73(60)67(54)62)43-27-31-48(32-28-43)70(8,9)10/h13-41H,11-12H2,1-10H3. The van der Waals surface area contributed by atoms with Gasteiger partial charge in [-0.25, -0.2) is 0 Å². The normalized spacial score (nSPS) is 15.2. The fourth-order valence-corrected chi connectivity index (χ4v) is 14.7. The number of hydrogen-bond donors (Lipinski definition) is 0. The van der Waals surface area contributed by atoms with Crippen molar-refractivity contribution in [1.29, 1.82) is 0 Å². The zero-order valence-corrected chi connectivity index (χ0v) is 44.6. The highest BCUT2D eigenvalue weighted by Crippen LogP contribution is 2.62. The molecular formula is C71H63BN2. The molecule has 9 aromatic carbocycles. The maximum atomic E-state index is 2.80. The van der Waals surface area contributed by atoms with E-state index in [4.69, 9.17) is 0 Å². The van der Waals surface area contributed by atoms with Crippen molar-refractivity contribution < 1.29 is 0 Å². The van der Waals surface area contributed by atoms with E-state index in [2.05, 4.69) is 242 Å². The first-order valence-electron chi connectivity index (χ1n) is 27.6. The molecule has 4 aliphatic rings. The lowest BCUT2D eigenvalue weighted by Gasteiger charge is -2.44. The van der Waals surface area contributed by atoms with Gasteiger partial charge in [-0.2, -0.15) is 0 Å². The Morgan fingerprint density at radius 1 is 0.473 bits per heavy atom. The first-order valence-corrected chi connectivity index (χ1v) is 27.6. The topological polar surface area (TPSA) is 9.86 Å². The van der Waals surface area contributed by atoms with E-state index in [1.165, 1.54) is 149 Å². The minimum absolute atomic E-state index is 0.0222. The fourth-order valence-electron chi connectivity index (χ4n) is 14.7. The maximum Gasteiger partial charge on any atom is 0.253 e. The Balaban J connectivity index is 1.19. The quantitative estimate of drug-likeness (QED) is 0.147. The molecule has 2 unspecified atom stereocenters. The first kappa shape index (κ1) is 44.2. The van der Waals surface area contributed by atoms with Gasteiger partial charge in [0.05, 0.1) is 22.1 Å². The predicted octanol–water partition coefficient (Wildman–Crippen LogP) is 16.7. The molecule has 15 rings (SSSR count). The fraction of sp³-hybridized carbons (Fsp3) is 0.239. The van der Waals surface area contributed by atoms with Crippen molar-refractivity contribution in [3.05, 3.63) is 208 Å². The summed E-state index contributed by atoms with van der Waals surface area (Å²) < 4.78 is 5.55. The molecule has 3 heteroatoms. The molecule has 5 heterocycles. The van der Waals surface area contributed by atoms with E-state index in [0.717, 1.165) is 12.8 Å². The van der Waals surface area contributed by atoms with Crippen molar-refractivity contribution >= 4 is 66.6 Å². The summed E-state index contributed by atoms with van der Waals surface area (Å²) in [7, 11) is 0. The highest BCUT2D eigenvalue weighted by Gasteiger charge is 2.55. The van der Waals surface area contributed by atoms with Crippen LogP contribution in [0, 0.1) is 0 Å². The Morgan fingerprint density at radius 2 is 1.04 bits per heavy atom. The predicted molar refractivity (Wildman–Crippen MR) is 316 cm³/mol. The molecule has 2 nitrogen and oxygen atoms in total. The SMILES string of the molecule is CCC(C)c1cc2c3c(c1)c1cc(C(C)CC)cc4c1n3-c1c(ccc3c1B2c1c2ccccc2cc2c(-c5ccc(C(C)(C)C)cc5)c(-c5ccc(C(C)(C)C)cc5)n-3c12)C41c2ccccc2-c2ccccc21. The molecule has 0 amide bonds. The van der Waals surface area contributed by atoms with Gasteiger partial charge >= 0.3 is 0 Å². The molecule has 360 valence electrons. The van der Waals surface area contributed by atoms with E-state index >= 15 is 0 Å². The second-order valence-electron chi connectivity index (χ2n) is 24.7. The summed E-state index contributed by atoms with van der Waals surface area (Å²) in [5.74, 6) is 0.799. The van der Waals surface area contributed by atoms with E-state index < -0.39 is 5.41 Å². The Morgan fingerprint density at radius 3 is 1.66 bits per heavy atom. The third kappa shape index (κ3) is 5.48. The third-order valence-electron chi connectivity index (χ3n) is 18.8. The summed E-state index contributed by atoms with van der Waals surface area (Å²) in [5, 5.41) is 6.74. The van der Waals surface area contributed by atoms with Crippen LogP contribution >= 0.6 is 0 Å². The lowest BCUT2D eigenvalue weighted by molar-refractivity contribution is 0.590. The van der Waals surface area contributed by atoms with Crippen LogP contribution < -0.4 is 16.4 Å². The van der Waals surface area contributed by atoms with Crippen LogP contribution in [0.2, 0.25) is 0 Å². The maximum absolute atomic E-state index is 2.80. The second kappa shape index (κ2) is 14.9. The van der Waals surface area contributed by atoms with E-state index in [0.29, 0.717) is 11.8 Å². The molecule has 74 heavy (non-hydrogen) atoms. The van der Waals surface area contributed by atoms with E-state index in [-0.39, 0.29) is 17.5 Å². The van der Waals surface area contributed by atoms with Crippen LogP contribution in [0.3, 0.4) is 0 Å². The lowest BCUT2D eigenvalue weighted by Crippen LogP contribution is -2.60. The van der Waals surface area contributed by atoms with Crippen molar-refractivity contribution in [1.82, 2.24) is 9.13 Å². The average Bonchev–Trinajstić information content (AvgIpc) is 4.14. The zero-order chi connectivity index (χ0) is 50.5. The molecular weight excluding hydrogens is 892 g/mol. The number of benzene rings is 9. The van der Waals surface area contributed by atoms with Gasteiger partial charge in [0.15, 0.2) is 0 Å². The lowest BCUT2D eigenvalue weighted by atomic mass is 9.33. The number of nitrogens with zero attached hydrogens (tertiary/aromatic N) is 2. The van der Waals surface area contributed by atoms with Crippen molar-refractivity contribution in [2.45, 2.75) is 110 Å². The monoisotopic (exact) mass is 955 g/mol. The molecule has 0 N–H and O–H groups in total. The number of fused-ring (bicyclic) bond motifs is 13. The summed E-state index contributed by atoms with van der Waals surface area (Å²) in [6.45, 7) is 23.5. The van der Waals surface area contributed by atoms with Crippen LogP contribution in [-0.2, 0) is 16.2 Å². The van der Waals surface area contributed by atoms with Crippen LogP contribution in [0.25, 0.3) is 88.4 Å². The summed E-state index contributed by atoms with van der Waals surface area (Å²) in [5.41, 5.74) is 29.5. The molecule has 0 radical (unpaired) electrons. The summed E-state index contributed by atoms with van der Waals surface area (Å²) in [6, 6.07) is 65.5. The molecule has 1 aliphatic carbocycles. The van der Waals surface area contributed by atoms with E-state index in [1.54, 1.807) is 0 Å². The van der Waals surface area contributed by atoms with Crippen LogP contribution in [0.5, 0.6) is 0 Å². The molecule has 0 bridgehead atoms. The number of aromatic nitrogens is 2. The molecule has 3 aliphatic heterocycles. The average molecular weight is 955 g/mol. The molecule has 0 saturated carbocycles. The van der Waals surface area contributed by atoms with Crippen molar-refractivity contribution in [2.24, 2.45) is 0 Å². The van der Waals surface area contributed by atoms with Crippen molar-refractivity contribution in [3.8, 4) is 44.9 Å². The van der Waals surface area contributed by atoms with Gasteiger partial charge in [0, 0.05) is 38.6 Å². The molecule has 2 aromatic heterocycles. The summed E-state index contributed by atoms with van der Waals surface area (Å²) in [6.07, 6.45) is 2.16. The largest absolute Gasteiger partial charge is 0.310 e. The molecule has 0 saturated heterocycles. The van der Waals surface area contributed by atoms with Crippen LogP contribution in [0.1, 0.15) is 138 Å². The van der Waals surface area contributed by atoms with Gasteiger partial charge in [-0.15, -0.1) is 0 Å². The van der Waals surface area contributed by atoms with Crippen LogP contribution in [0.4, 0.5) is 0 Å². The Hall–Kier alpha value is -7.36. The van der Waals surface area contributed by atoms with E-state index in [9.17, 15) is 0 Å². The zero-order valence-electron chi connectivity index (χ0n) is 44.6. The smallest absolute Gasteiger partial charge is 0.253 e. The Bertz CT molecular complexity index is 4210. The van der Waals surface area contributed by atoms with Gasteiger partial charge in [0.25, 0.3) is 6.71 Å². The number of hydrogen-bond acceptors (Lipinski definition) is 0. The first-order chi connectivity index (χ1) is 35.7. The van der Waals surface area contributed by atoms with E-state index in [1.807, 2.05) is 0 Å². The van der Waals surface area contributed by atoms with Crippen molar-refractivity contribution in [3.63, 3.8) is 0 Å². The minimum atomic E-state index is -0.540. The van der Waals surface area contributed by atoms with Crippen LogP contribution in [-0.4, -0.2) is 15.8 Å². The molecule has 2 atom stereocenters. The van der Waals surface area contributed by atoms with Gasteiger partial charge in [-0.1, -0.05) is 209 Å². The molecule has 11 aromatic rings. The van der Waals surface area contributed by atoms with Gasteiger partial charge in [0.2, 0.25) is 0 Å². The minimum Gasteiger partial charge on any atom is -0.310 e. The van der Waals surface area contributed by atoms with Gasteiger partial charge in [-0.05, 0) is 154 Å². The van der Waals surface area contributed by atoms with Crippen molar-refractivity contribution in [2.75, 3.05) is 0 Å². The summed E-state index contributed by atoms with van der Waals surface area (Å²) >= 11 is 0. The third-order valence-corrected chi connectivity index (χ3v) is 18.8. The Kier molecular flexibility index (Phi) is 8.90. The number of rotatable bonds is 6. The highest BCUT2D eigenvalue weighted by molar-refractivity contribution is 7.01. The molecule has 0 fully saturated rings. The van der Waals surface area contributed by atoms with Gasteiger partial charge in [-0.3, -0.25) is 0 Å². The van der Waals surface area contributed by atoms with Gasteiger partial charge < -0.3 is 9.13 Å². The van der Waals surface area contributed by atoms with Crippen LogP contribution in [0.15, 0.2) is 164 Å².